The zero-order valence-electron chi connectivity index (χ0n) is 6.49. The van der Waals surface area contributed by atoms with Crippen molar-refractivity contribution >= 4 is 23.7 Å². The number of ether oxygens (including phenoxy) is 1. The third-order valence-electron chi connectivity index (χ3n) is 0.879. The second kappa shape index (κ2) is 6.58. The first kappa shape index (κ1) is 10.9. The van der Waals surface area contributed by atoms with Crippen molar-refractivity contribution < 1.29 is 14.3 Å². The van der Waals surface area contributed by atoms with E-state index in [4.69, 9.17) is 11.6 Å². The first-order valence-electron chi connectivity index (χ1n) is 3.21. The van der Waals surface area contributed by atoms with Crippen molar-refractivity contribution in [2.24, 2.45) is 4.99 Å². The number of alkyl halides is 1. The fourth-order valence-corrected chi connectivity index (χ4v) is 0.434. The molecule has 0 aromatic rings. The molecule has 1 atom stereocenters. The van der Waals surface area contributed by atoms with E-state index in [0.717, 1.165) is 0 Å². The van der Waals surface area contributed by atoms with Crippen molar-refractivity contribution in [2.45, 2.75) is 12.3 Å². The zero-order chi connectivity index (χ0) is 9.40. The van der Waals surface area contributed by atoms with Crippen LogP contribution in [-0.2, 0) is 14.3 Å². The second-order valence-corrected chi connectivity index (χ2v) is 2.51. The van der Waals surface area contributed by atoms with Gasteiger partial charge in [-0.15, -0.1) is 11.6 Å². The van der Waals surface area contributed by atoms with Gasteiger partial charge in [-0.05, 0) is 13.0 Å². The predicted octanol–water partition coefficient (Wildman–Crippen LogP) is 1.01. The molecular formula is C7H8ClNO3. The molecule has 0 aliphatic carbocycles. The summed E-state index contributed by atoms with van der Waals surface area (Å²) in [5.41, 5.74) is 0. The maximum atomic E-state index is 10.7. The zero-order valence-corrected chi connectivity index (χ0v) is 7.25. The normalized spacial score (nSPS) is 12.2. The minimum Gasteiger partial charge on any atom is -0.460 e. The SMILES string of the molecule is CC(Cl)C(=O)OCC=CN=C=O. The molecule has 0 bridgehead atoms. The minimum atomic E-state index is -0.659. The van der Waals surface area contributed by atoms with Crippen molar-refractivity contribution in [3.05, 3.63) is 12.3 Å². The molecule has 0 aromatic carbocycles. The van der Waals surface area contributed by atoms with Crippen LogP contribution in [0.1, 0.15) is 6.92 Å². The van der Waals surface area contributed by atoms with Gasteiger partial charge in [-0.1, -0.05) is 0 Å². The fraction of sp³-hybridized carbons (Fsp3) is 0.429. The Morgan fingerprint density at radius 2 is 2.50 bits per heavy atom. The number of halogens is 1. The number of aliphatic imine (C=N–C) groups is 1. The average molecular weight is 190 g/mol. The Hall–Kier alpha value is -1.12. The summed E-state index contributed by atoms with van der Waals surface area (Å²) in [5.74, 6) is -0.503. The number of isocyanates is 1. The molecule has 0 aliphatic heterocycles. The summed E-state index contributed by atoms with van der Waals surface area (Å²) >= 11 is 5.38. The van der Waals surface area contributed by atoms with Gasteiger partial charge in [-0.2, -0.15) is 4.99 Å². The molecule has 0 saturated heterocycles. The van der Waals surface area contributed by atoms with Gasteiger partial charge in [-0.3, -0.25) is 4.79 Å². The van der Waals surface area contributed by atoms with Gasteiger partial charge in [0.1, 0.15) is 12.0 Å². The van der Waals surface area contributed by atoms with Crippen LogP contribution in [0.15, 0.2) is 17.3 Å². The summed E-state index contributed by atoms with van der Waals surface area (Å²) in [6, 6.07) is 0. The first-order chi connectivity index (χ1) is 5.68. The maximum absolute atomic E-state index is 10.7. The van der Waals surface area contributed by atoms with Gasteiger partial charge < -0.3 is 4.74 Å². The van der Waals surface area contributed by atoms with E-state index >= 15 is 0 Å². The lowest BCUT2D eigenvalue weighted by Gasteiger charge is -2.01. The van der Waals surface area contributed by atoms with Crippen molar-refractivity contribution in [2.75, 3.05) is 6.61 Å². The van der Waals surface area contributed by atoms with Gasteiger partial charge in [0.25, 0.3) is 0 Å². The summed E-state index contributed by atoms with van der Waals surface area (Å²) in [6.45, 7) is 1.57. The molecule has 0 aliphatic rings. The quantitative estimate of drug-likeness (QED) is 0.287. The summed E-state index contributed by atoms with van der Waals surface area (Å²) in [4.78, 5) is 23.3. The Bertz CT molecular complexity index is 219. The molecule has 0 spiro atoms. The van der Waals surface area contributed by atoms with E-state index in [1.807, 2.05) is 0 Å². The maximum Gasteiger partial charge on any atom is 0.324 e. The molecule has 0 fully saturated rings. The lowest BCUT2D eigenvalue weighted by molar-refractivity contribution is -0.141. The van der Waals surface area contributed by atoms with Crippen LogP contribution in [0.25, 0.3) is 0 Å². The smallest absolute Gasteiger partial charge is 0.324 e. The van der Waals surface area contributed by atoms with Crippen LogP contribution in [0.3, 0.4) is 0 Å². The van der Waals surface area contributed by atoms with Crippen LogP contribution in [0.2, 0.25) is 0 Å². The number of nitrogens with zero attached hydrogens (tertiary/aromatic N) is 1. The lowest BCUT2D eigenvalue weighted by atomic mass is 10.5. The first-order valence-corrected chi connectivity index (χ1v) is 3.65. The Labute approximate surface area is 74.9 Å². The number of esters is 1. The highest BCUT2D eigenvalue weighted by Gasteiger charge is 2.08. The fourth-order valence-electron chi connectivity index (χ4n) is 0.371. The summed E-state index contributed by atoms with van der Waals surface area (Å²) in [7, 11) is 0. The number of rotatable bonds is 4. The van der Waals surface area contributed by atoms with Gasteiger partial charge in [0, 0.05) is 6.20 Å². The monoisotopic (exact) mass is 189 g/mol. The topological polar surface area (TPSA) is 55.7 Å². The molecular weight excluding hydrogens is 182 g/mol. The van der Waals surface area contributed by atoms with Crippen molar-refractivity contribution in [1.29, 1.82) is 0 Å². The summed E-state index contributed by atoms with van der Waals surface area (Å²) in [5, 5.41) is -0.659. The molecule has 0 heterocycles. The van der Waals surface area contributed by atoms with Crippen LogP contribution in [-0.4, -0.2) is 24.0 Å². The van der Waals surface area contributed by atoms with Gasteiger partial charge in [-0.25, -0.2) is 4.79 Å². The number of carbonyl (C=O) groups excluding carboxylic acids is 2. The highest BCUT2D eigenvalue weighted by Crippen LogP contribution is 1.96. The minimum absolute atomic E-state index is 0.0566. The molecule has 4 nitrogen and oxygen atoms in total. The van der Waals surface area contributed by atoms with Gasteiger partial charge in [0.2, 0.25) is 6.08 Å². The van der Waals surface area contributed by atoms with E-state index in [1.165, 1.54) is 25.3 Å². The Morgan fingerprint density at radius 3 is 3.00 bits per heavy atom. The standard InChI is InChI=1S/C7H8ClNO3/c1-6(8)7(11)12-4-2-3-9-5-10/h2-3,6H,4H2,1H3. The second-order valence-electron chi connectivity index (χ2n) is 1.85. The Kier molecular flexibility index (Phi) is 5.97. The highest BCUT2D eigenvalue weighted by atomic mass is 35.5. The molecule has 0 N–H and O–H groups in total. The number of hydrogen-bond donors (Lipinski definition) is 0. The van der Waals surface area contributed by atoms with E-state index in [0.29, 0.717) is 0 Å². The van der Waals surface area contributed by atoms with Crippen LogP contribution < -0.4 is 0 Å². The molecule has 5 heteroatoms. The summed E-state index contributed by atoms with van der Waals surface area (Å²) in [6.07, 6.45) is 3.90. The van der Waals surface area contributed by atoms with Crippen LogP contribution in [0.4, 0.5) is 0 Å². The van der Waals surface area contributed by atoms with E-state index in [1.54, 1.807) is 0 Å². The van der Waals surface area contributed by atoms with Crippen LogP contribution in [0, 0.1) is 0 Å². The van der Waals surface area contributed by atoms with Crippen LogP contribution >= 0.6 is 11.6 Å². The predicted molar refractivity (Wildman–Crippen MR) is 43.5 cm³/mol. The van der Waals surface area contributed by atoms with E-state index in [2.05, 4.69) is 9.73 Å². The molecule has 1 unspecified atom stereocenters. The highest BCUT2D eigenvalue weighted by molar-refractivity contribution is 6.29. The molecule has 0 aromatic heterocycles. The van der Waals surface area contributed by atoms with Gasteiger partial charge in [0.15, 0.2) is 0 Å². The molecule has 0 radical (unpaired) electrons. The molecule has 0 saturated carbocycles. The van der Waals surface area contributed by atoms with Gasteiger partial charge in [0.05, 0.1) is 0 Å². The van der Waals surface area contributed by atoms with Crippen molar-refractivity contribution in [3.8, 4) is 0 Å². The third kappa shape index (κ3) is 5.65. The summed E-state index contributed by atoms with van der Waals surface area (Å²) < 4.78 is 4.60. The molecule has 12 heavy (non-hydrogen) atoms. The van der Waals surface area contributed by atoms with Crippen molar-refractivity contribution in [1.82, 2.24) is 0 Å². The lowest BCUT2D eigenvalue weighted by Crippen LogP contribution is -2.14. The van der Waals surface area contributed by atoms with Gasteiger partial charge >= 0.3 is 5.97 Å². The molecule has 66 valence electrons. The third-order valence-corrected chi connectivity index (χ3v) is 1.06. The largest absolute Gasteiger partial charge is 0.460 e. The van der Waals surface area contributed by atoms with E-state index in [9.17, 15) is 9.59 Å². The molecule has 0 rings (SSSR count). The number of hydrogen-bond acceptors (Lipinski definition) is 4. The van der Waals surface area contributed by atoms with E-state index < -0.39 is 11.3 Å². The molecule has 0 amide bonds. The van der Waals surface area contributed by atoms with Crippen LogP contribution in [0.5, 0.6) is 0 Å². The Morgan fingerprint density at radius 1 is 1.83 bits per heavy atom. The van der Waals surface area contributed by atoms with Crippen molar-refractivity contribution in [3.63, 3.8) is 0 Å². The van der Waals surface area contributed by atoms with E-state index in [-0.39, 0.29) is 6.61 Å². The number of carbonyl (C=O) groups is 1. The average Bonchev–Trinajstić information content (AvgIpc) is 2.03. The Balaban J connectivity index is 3.56.